The van der Waals surface area contributed by atoms with Crippen LogP contribution < -0.4 is 16.0 Å². The van der Waals surface area contributed by atoms with E-state index in [1.807, 2.05) is 0 Å². The maximum Gasteiger partial charge on any atom is 0.417 e. The Bertz CT molecular complexity index is 651. The van der Waals surface area contributed by atoms with Crippen LogP contribution >= 0.6 is 0 Å². The molecule has 1 aromatic rings. The number of hydrogen-bond acceptors (Lipinski definition) is 3. The molecule has 0 saturated carbocycles. The van der Waals surface area contributed by atoms with Gasteiger partial charge in [0.2, 0.25) is 5.91 Å². The molecule has 0 radical (unpaired) electrons. The number of carbonyl (C=O) groups is 2. The van der Waals surface area contributed by atoms with Gasteiger partial charge in [-0.2, -0.15) is 18.4 Å². The molecule has 3 amide bonds. The highest BCUT2D eigenvalue weighted by Crippen LogP contribution is 2.33. The number of rotatable bonds is 5. The van der Waals surface area contributed by atoms with Crippen LogP contribution in [0.2, 0.25) is 0 Å². The zero-order valence-corrected chi connectivity index (χ0v) is 13.1. The summed E-state index contributed by atoms with van der Waals surface area (Å²) in [6.07, 6.45) is -4.69. The first-order valence-corrected chi connectivity index (χ1v) is 7.09. The van der Waals surface area contributed by atoms with Crippen LogP contribution in [0.3, 0.4) is 0 Å². The van der Waals surface area contributed by atoms with Crippen molar-refractivity contribution in [3.63, 3.8) is 0 Å². The zero-order chi connectivity index (χ0) is 18.3. The number of halogens is 3. The largest absolute Gasteiger partial charge is 0.417 e. The van der Waals surface area contributed by atoms with Crippen molar-refractivity contribution < 1.29 is 22.8 Å². The lowest BCUT2D eigenvalue weighted by molar-refractivity contribution is -0.137. The molecular formula is C15H17F3N4O2. The fourth-order valence-electron chi connectivity index (χ4n) is 1.70. The van der Waals surface area contributed by atoms with Gasteiger partial charge in [0.25, 0.3) is 0 Å². The van der Waals surface area contributed by atoms with Gasteiger partial charge in [-0.1, -0.05) is 13.8 Å². The van der Waals surface area contributed by atoms with Crippen molar-refractivity contribution >= 4 is 17.6 Å². The van der Waals surface area contributed by atoms with E-state index in [2.05, 4.69) is 16.0 Å². The average molecular weight is 342 g/mol. The van der Waals surface area contributed by atoms with Crippen molar-refractivity contribution in [2.45, 2.75) is 20.0 Å². The minimum absolute atomic E-state index is 0.0926. The van der Waals surface area contributed by atoms with Crippen LogP contribution in [0.5, 0.6) is 0 Å². The molecule has 0 aliphatic carbocycles. The first kappa shape index (κ1) is 19.3. The second-order valence-corrected chi connectivity index (χ2v) is 5.20. The molecule has 0 spiro atoms. The third-order valence-electron chi connectivity index (χ3n) is 2.94. The van der Waals surface area contributed by atoms with Gasteiger partial charge in [-0.05, 0) is 18.2 Å². The van der Waals surface area contributed by atoms with E-state index in [0.717, 1.165) is 6.07 Å². The average Bonchev–Trinajstić information content (AvgIpc) is 2.50. The number of alkyl halides is 3. The zero-order valence-electron chi connectivity index (χ0n) is 13.1. The molecule has 0 fully saturated rings. The first-order chi connectivity index (χ1) is 11.1. The van der Waals surface area contributed by atoms with Crippen LogP contribution in [0.15, 0.2) is 18.2 Å². The molecule has 1 rings (SSSR count). The Morgan fingerprint density at radius 2 is 1.83 bits per heavy atom. The standard InChI is InChI=1S/C15H17F3N4O2/c1-9(2)13(23)20-5-6-21-14(24)22-11-4-3-10(8-19)12(7-11)15(16,17)18/h3-4,7,9H,5-6H2,1-2H3,(H,20,23)(H2,21,22,24). The van der Waals surface area contributed by atoms with Crippen molar-refractivity contribution in [2.75, 3.05) is 18.4 Å². The SMILES string of the molecule is CC(C)C(=O)NCCNC(=O)Nc1ccc(C#N)c(C(F)(F)F)c1. The highest BCUT2D eigenvalue weighted by atomic mass is 19.4. The second kappa shape index (κ2) is 8.19. The number of hydrogen-bond donors (Lipinski definition) is 3. The molecule has 0 unspecified atom stereocenters. The Balaban J connectivity index is 2.59. The molecule has 0 aliphatic rings. The van der Waals surface area contributed by atoms with E-state index >= 15 is 0 Å². The molecule has 6 nitrogen and oxygen atoms in total. The van der Waals surface area contributed by atoms with Crippen LogP contribution in [0.4, 0.5) is 23.7 Å². The van der Waals surface area contributed by atoms with Crippen LogP contribution in [0.25, 0.3) is 0 Å². The number of nitriles is 1. The van der Waals surface area contributed by atoms with Gasteiger partial charge in [0, 0.05) is 24.7 Å². The number of amides is 3. The summed E-state index contributed by atoms with van der Waals surface area (Å²) in [5, 5.41) is 15.9. The van der Waals surface area contributed by atoms with Gasteiger partial charge in [0.1, 0.15) is 0 Å². The quantitative estimate of drug-likeness (QED) is 0.718. The molecule has 9 heteroatoms. The van der Waals surface area contributed by atoms with Gasteiger partial charge < -0.3 is 16.0 Å². The Morgan fingerprint density at radius 3 is 2.38 bits per heavy atom. The lowest BCUT2D eigenvalue weighted by Crippen LogP contribution is -2.38. The van der Waals surface area contributed by atoms with Crippen LogP contribution in [0.1, 0.15) is 25.0 Å². The van der Waals surface area contributed by atoms with E-state index < -0.39 is 23.3 Å². The maximum atomic E-state index is 12.8. The van der Waals surface area contributed by atoms with E-state index in [-0.39, 0.29) is 30.6 Å². The highest BCUT2D eigenvalue weighted by Gasteiger charge is 2.33. The van der Waals surface area contributed by atoms with Crippen molar-refractivity contribution in [1.29, 1.82) is 5.26 Å². The molecule has 3 N–H and O–H groups in total. The Kier molecular flexibility index (Phi) is 6.58. The Morgan fingerprint density at radius 1 is 1.21 bits per heavy atom. The van der Waals surface area contributed by atoms with E-state index in [1.165, 1.54) is 12.1 Å². The molecular weight excluding hydrogens is 325 g/mol. The minimum Gasteiger partial charge on any atom is -0.354 e. The fraction of sp³-hybridized carbons (Fsp3) is 0.400. The van der Waals surface area contributed by atoms with E-state index in [9.17, 15) is 22.8 Å². The Hall–Kier alpha value is -2.76. The van der Waals surface area contributed by atoms with Crippen LogP contribution in [-0.2, 0) is 11.0 Å². The third-order valence-corrected chi connectivity index (χ3v) is 2.94. The van der Waals surface area contributed by atoms with Gasteiger partial charge >= 0.3 is 12.2 Å². The molecule has 0 bridgehead atoms. The maximum absolute atomic E-state index is 12.8. The summed E-state index contributed by atoms with van der Waals surface area (Å²) in [6.45, 7) is 3.76. The number of nitrogens with one attached hydrogen (secondary N) is 3. The van der Waals surface area contributed by atoms with Gasteiger partial charge in [0.15, 0.2) is 0 Å². The van der Waals surface area contributed by atoms with Crippen molar-refractivity contribution in [2.24, 2.45) is 5.92 Å². The monoisotopic (exact) mass is 342 g/mol. The van der Waals surface area contributed by atoms with Gasteiger partial charge in [-0.3, -0.25) is 4.79 Å². The predicted molar refractivity (Wildman–Crippen MR) is 81.0 cm³/mol. The summed E-state index contributed by atoms with van der Waals surface area (Å²) in [5.41, 5.74) is -1.73. The van der Waals surface area contributed by atoms with Crippen molar-refractivity contribution in [1.82, 2.24) is 10.6 Å². The molecule has 0 aliphatic heterocycles. The van der Waals surface area contributed by atoms with Crippen molar-refractivity contribution in [3.05, 3.63) is 29.3 Å². The lowest BCUT2D eigenvalue weighted by atomic mass is 10.1. The summed E-state index contributed by atoms with van der Waals surface area (Å²) < 4.78 is 38.5. The Labute approximate surface area is 137 Å². The summed E-state index contributed by atoms with van der Waals surface area (Å²) in [4.78, 5) is 22.9. The summed E-state index contributed by atoms with van der Waals surface area (Å²) in [7, 11) is 0. The summed E-state index contributed by atoms with van der Waals surface area (Å²) in [5.74, 6) is -0.350. The fourth-order valence-corrected chi connectivity index (χ4v) is 1.70. The number of benzene rings is 1. The van der Waals surface area contributed by atoms with Gasteiger partial charge in [-0.15, -0.1) is 0 Å². The van der Waals surface area contributed by atoms with E-state index in [0.29, 0.717) is 6.07 Å². The normalized spacial score (nSPS) is 10.9. The van der Waals surface area contributed by atoms with Gasteiger partial charge in [-0.25, -0.2) is 4.79 Å². The van der Waals surface area contributed by atoms with E-state index in [4.69, 9.17) is 5.26 Å². The first-order valence-electron chi connectivity index (χ1n) is 7.09. The molecule has 1 aromatic carbocycles. The molecule has 0 heterocycles. The molecule has 0 atom stereocenters. The number of anilines is 1. The number of urea groups is 1. The van der Waals surface area contributed by atoms with E-state index in [1.54, 1.807) is 13.8 Å². The topological polar surface area (TPSA) is 94.0 Å². The molecule has 130 valence electrons. The number of nitrogens with zero attached hydrogens (tertiary/aromatic N) is 1. The van der Waals surface area contributed by atoms with Gasteiger partial charge in [0.05, 0.1) is 17.2 Å². The summed E-state index contributed by atoms with van der Waals surface area (Å²) >= 11 is 0. The summed E-state index contributed by atoms with van der Waals surface area (Å²) in [6, 6.07) is 3.62. The van der Waals surface area contributed by atoms with Crippen molar-refractivity contribution in [3.8, 4) is 6.07 Å². The molecule has 0 saturated heterocycles. The molecule has 0 aromatic heterocycles. The second-order valence-electron chi connectivity index (χ2n) is 5.20. The smallest absolute Gasteiger partial charge is 0.354 e. The molecule has 24 heavy (non-hydrogen) atoms. The van der Waals surface area contributed by atoms with Crippen LogP contribution in [0, 0.1) is 17.2 Å². The lowest BCUT2D eigenvalue weighted by Gasteiger charge is -2.12. The predicted octanol–water partition coefficient (Wildman–Crippen LogP) is 2.47. The number of carbonyl (C=O) groups excluding carboxylic acids is 2. The van der Waals surface area contributed by atoms with Crippen LogP contribution in [-0.4, -0.2) is 25.0 Å². The highest BCUT2D eigenvalue weighted by molar-refractivity contribution is 5.89. The minimum atomic E-state index is -4.69. The third kappa shape index (κ3) is 5.79.